The fourth-order valence-corrected chi connectivity index (χ4v) is 16.5. The summed E-state index contributed by atoms with van der Waals surface area (Å²) in [5.41, 5.74) is 0. The number of rotatable bonds is 8. The van der Waals surface area contributed by atoms with Gasteiger partial charge in [0.25, 0.3) is 0 Å². The molecule has 98 valence electrons. The second kappa shape index (κ2) is 8.00. The molecule has 1 aliphatic carbocycles. The third-order valence-corrected chi connectivity index (χ3v) is 16.8. The monoisotopic (exact) mass is 381 g/mol. The zero-order valence-corrected chi connectivity index (χ0v) is 16.5. The van der Waals surface area contributed by atoms with Gasteiger partial charge in [0.15, 0.2) is 0 Å². The summed E-state index contributed by atoms with van der Waals surface area (Å²) in [7, 11) is 0. The van der Waals surface area contributed by atoms with Crippen LogP contribution in [0.4, 0.5) is 3.50 Å². The molecule has 0 saturated carbocycles. The van der Waals surface area contributed by atoms with Crippen LogP contribution in [0.25, 0.3) is 0 Å². The molecule has 0 aromatic rings. The molecule has 0 unspecified atom stereocenters. The zero-order valence-electron chi connectivity index (χ0n) is 11.1. The summed E-state index contributed by atoms with van der Waals surface area (Å²) < 4.78 is 26.6. The van der Waals surface area contributed by atoms with Gasteiger partial charge in [-0.2, -0.15) is 0 Å². The summed E-state index contributed by atoms with van der Waals surface area (Å²) in [6, 6.07) is 0. The van der Waals surface area contributed by atoms with Gasteiger partial charge < -0.3 is 0 Å². The Bertz CT molecular complexity index is 290. The van der Waals surface area contributed by atoms with Crippen LogP contribution in [0.5, 0.6) is 0 Å². The molecular weight excluding hydrogens is 357 g/mol. The minimum atomic E-state index is -2.92. The van der Waals surface area contributed by atoms with Crippen molar-refractivity contribution in [2.75, 3.05) is 19.6 Å². The van der Waals surface area contributed by atoms with E-state index >= 15 is 0 Å². The zero-order chi connectivity index (χ0) is 12.7. The van der Waals surface area contributed by atoms with Crippen LogP contribution in [-0.4, -0.2) is 35.5 Å². The Labute approximate surface area is 116 Å². The normalized spacial score (nSPS) is 16.7. The van der Waals surface area contributed by atoms with Gasteiger partial charge in [-0.1, -0.05) is 0 Å². The van der Waals surface area contributed by atoms with Crippen LogP contribution in [-0.2, 0) is 21.1 Å². The third kappa shape index (κ3) is 3.84. The van der Waals surface area contributed by atoms with Crippen molar-refractivity contribution in [3.8, 4) is 0 Å². The molecule has 0 bridgehead atoms. The molecule has 1 rings (SSSR count). The second-order valence-corrected chi connectivity index (χ2v) is 14.0. The molecule has 0 spiro atoms. The number of halogens is 1. The quantitative estimate of drug-likeness (QED) is 0.548. The Kier molecular flexibility index (Phi) is 7.42. The fraction of sp³-hybridized carbons (Fsp3) is 0.636. The molecule has 0 atom stereocenters. The van der Waals surface area contributed by atoms with E-state index in [1.165, 1.54) is 3.28 Å². The number of nitrogens with one attached hydrogen (secondary N) is 3. The van der Waals surface area contributed by atoms with E-state index in [2.05, 4.69) is 36.6 Å². The molecule has 0 aromatic heterocycles. The molecule has 0 amide bonds. The average molecular weight is 381 g/mol. The van der Waals surface area contributed by atoms with Gasteiger partial charge in [0.1, 0.15) is 0 Å². The van der Waals surface area contributed by atoms with Crippen LogP contribution >= 0.6 is 0 Å². The van der Waals surface area contributed by atoms with Crippen molar-refractivity contribution < 1.29 is 24.6 Å². The van der Waals surface area contributed by atoms with E-state index in [9.17, 15) is 3.50 Å². The maximum absolute atomic E-state index is 13.2. The molecule has 0 aromatic carbocycles. The summed E-state index contributed by atoms with van der Waals surface area (Å²) in [5, 5.41) is 0. The van der Waals surface area contributed by atoms with E-state index < -0.39 is 37.0 Å². The summed E-state index contributed by atoms with van der Waals surface area (Å²) in [6.07, 6.45) is 5.08. The molecule has 6 heteroatoms. The first-order valence-electron chi connectivity index (χ1n) is 6.44. The second-order valence-electron chi connectivity index (χ2n) is 4.08. The van der Waals surface area contributed by atoms with Crippen LogP contribution in [0, 0.1) is 0 Å². The van der Waals surface area contributed by atoms with Gasteiger partial charge in [-0.15, -0.1) is 0 Å². The van der Waals surface area contributed by atoms with Crippen molar-refractivity contribution in [3.63, 3.8) is 0 Å². The van der Waals surface area contributed by atoms with E-state index in [0.717, 1.165) is 30.5 Å². The SMILES string of the molecule is CC[NH][Zr]([NH]CC)([NH]CC)[C]1=[C]([GeH2][F])C=CC1. The third-order valence-electron chi connectivity index (χ3n) is 2.95. The first-order chi connectivity index (χ1) is 8.24. The van der Waals surface area contributed by atoms with E-state index in [1.54, 1.807) is 0 Å². The predicted octanol–water partition coefficient (Wildman–Crippen LogP) is 0.939. The molecule has 17 heavy (non-hydrogen) atoms. The predicted molar refractivity (Wildman–Crippen MR) is 71.5 cm³/mol. The van der Waals surface area contributed by atoms with Gasteiger partial charge in [-0.25, -0.2) is 0 Å². The molecular formula is C11H24FGeN3Zr. The molecule has 3 N–H and O–H groups in total. The van der Waals surface area contributed by atoms with Gasteiger partial charge in [0, 0.05) is 0 Å². The number of hydrogen-bond acceptors (Lipinski definition) is 3. The molecule has 1 aliphatic rings. The van der Waals surface area contributed by atoms with Gasteiger partial charge in [-0.3, -0.25) is 0 Å². The average Bonchev–Trinajstić information content (AvgIpc) is 2.78. The van der Waals surface area contributed by atoms with Gasteiger partial charge in [0.2, 0.25) is 0 Å². The Hall–Kier alpha value is 0.716. The number of hydrogen-bond donors (Lipinski definition) is 3. The van der Waals surface area contributed by atoms with Crippen LogP contribution in [0.3, 0.4) is 0 Å². The van der Waals surface area contributed by atoms with E-state index in [1.807, 2.05) is 6.08 Å². The van der Waals surface area contributed by atoms with Crippen molar-refractivity contribution in [3.05, 3.63) is 19.8 Å². The minimum absolute atomic E-state index is 0.937. The van der Waals surface area contributed by atoms with Crippen molar-refractivity contribution in [2.24, 2.45) is 0 Å². The summed E-state index contributed by atoms with van der Waals surface area (Å²) in [4.78, 5) is 0. The molecule has 0 heterocycles. The first-order valence-corrected chi connectivity index (χ1v) is 14.0. The Balaban J connectivity index is 3.02. The first kappa shape index (κ1) is 15.8. The van der Waals surface area contributed by atoms with Crippen LogP contribution in [0.2, 0.25) is 0 Å². The maximum atomic E-state index is 13.2. The van der Waals surface area contributed by atoms with Crippen molar-refractivity contribution in [1.29, 1.82) is 0 Å². The Morgan fingerprint density at radius 1 is 1.18 bits per heavy atom. The fourth-order valence-electron chi connectivity index (χ4n) is 2.37. The van der Waals surface area contributed by atoms with Crippen molar-refractivity contribution in [2.45, 2.75) is 27.2 Å². The molecule has 0 saturated heterocycles. The van der Waals surface area contributed by atoms with Crippen LogP contribution in [0.1, 0.15) is 27.2 Å². The standard InChI is InChI=1S/C5H6FGe.3C2H6N.Zr/c6-7-5-3-1-2-4-5;3*1-2-3;/h1,3H,2,7H2;3*3H,2H2,1H3;/q;3*-1;+3. The molecule has 0 fully saturated rings. The van der Waals surface area contributed by atoms with Gasteiger partial charge >= 0.3 is 117 Å². The molecule has 0 radical (unpaired) electrons. The van der Waals surface area contributed by atoms with Crippen LogP contribution in [0.15, 0.2) is 19.8 Å². The van der Waals surface area contributed by atoms with E-state index in [-0.39, 0.29) is 0 Å². The van der Waals surface area contributed by atoms with Crippen molar-refractivity contribution >= 4 is 15.9 Å². The van der Waals surface area contributed by atoms with Crippen molar-refractivity contribution in [1.82, 2.24) is 9.78 Å². The Morgan fingerprint density at radius 2 is 1.71 bits per heavy atom. The number of allylic oxidation sites excluding steroid dienone is 4. The Morgan fingerprint density at radius 3 is 2.12 bits per heavy atom. The summed E-state index contributed by atoms with van der Waals surface area (Å²) >= 11 is -4.90. The van der Waals surface area contributed by atoms with Gasteiger partial charge in [-0.05, 0) is 0 Å². The summed E-state index contributed by atoms with van der Waals surface area (Å²) in [5.74, 6) is 0. The molecule has 3 nitrogen and oxygen atoms in total. The summed E-state index contributed by atoms with van der Waals surface area (Å²) in [6.45, 7) is 9.18. The van der Waals surface area contributed by atoms with Gasteiger partial charge in [0.05, 0.1) is 0 Å². The van der Waals surface area contributed by atoms with Crippen LogP contribution < -0.4 is 9.78 Å². The topological polar surface area (TPSA) is 36.1 Å². The van der Waals surface area contributed by atoms with E-state index in [4.69, 9.17) is 0 Å². The molecule has 0 aliphatic heterocycles. The van der Waals surface area contributed by atoms with E-state index in [0.29, 0.717) is 0 Å².